The van der Waals surface area contributed by atoms with E-state index in [0.29, 0.717) is 11.7 Å². The Kier molecular flexibility index (Phi) is 3.32. The van der Waals surface area contributed by atoms with Gasteiger partial charge in [0.05, 0.1) is 0 Å². The normalized spacial score (nSPS) is 15.3. The highest BCUT2D eigenvalue weighted by molar-refractivity contribution is 5.26. The van der Waals surface area contributed by atoms with E-state index in [1.165, 1.54) is 5.56 Å². The Labute approximate surface area is 79.4 Å². The van der Waals surface area contributed by atoms with Crippen molar-refractivity contribution in [2.45, 2.75) is 26.3 Å². The van der Waals surface area contributed by atoms with Crippen molar-refractivity contribution < 1.29 is 5.11 Å². The summed E-state index contributed by atoms with van der Waals surface area (Å²) in [5.74, 6) is 0.793. The molecule has 72 valence electrons. The quantitative estimate of drug-likeness (QED) is 0.744. The van der Waals surface area contributed by atoms with Crippen LogP contribution in [0.15, 0.2) is 24.3 Å². The smallest absolute Gasteiger partial charge is 0.115 e. The van der Waals surface area contributed by atoms with Gasteiger partial charge in [-0.2, -0.15) is 0 Å². The molecule has 2 unspecified atom stereocenters. The minimum atomic E-state index is 0.216. The summed E-state index contributed by atoms with van der Waals surface area (Å²) in [6.45, 7) is 4.16. The van der Waals surface area contributed by atoms with Crippen LogP contribution in [0.5, 0.6) is 5.75 Å². The second-order valence-corrected chi connectivity index (χ2v) is 3.71. The van der Waals surface area contributed by atoms with Gasteiger partial charge < -0.3 is 10.8 Å². The largest absolute Gasteiger partial charge is 0.508 e. The Balaban J connectivity index is 2.59. The summed E-state index contributed by atoms with van der Waals surface area (Å²) in [6, 6.07) is 7.52. The molecule has 1 aromatic rings. The minimum absolute atomic E-state index is 0.216. The third-order valence-electron chi connectivity index (χ3n) is 2.39. The summed E-state index contributed by atoms with van der Waals surface area (Å²) >= 11 is 0. The van der Waals surface area contributed by atoms with E-state index in [9.17, 15) is 0 Å². The molecule has 0 aliphatic carbocycles. The highest BCUT2D eigenvalue weighted by Gasteiger charge is 2.07. The Bertz CT molecular complexity index is 253. The molecule has 3 N–H and O–H groups in total. The Morgan fingerprint density at radius 3 is 2.23 bits per heavy atom. The van der Waals surface area contributed by atoms with E-state index in [1.807, 2.05) is 19.1 Å². The number of aromatic hydroxyl groups is 1. The second kappa shape index (κ2) is 4.28. The van der Waals surface area contributed by atoms with Crippen LogP contribution in [0.3, 0.4) is 0 Å². The predicted molar refractivity (Wildman–Crippen MR) is 54.6 cm³/mol. The lowest BCUT2D eigenvalue weighted by molar-refractivity contribution is 0.471. The van der Waals surface area contributed by atoms with Crippen molar-refractivity contribution in [2.75, 3.05) is 0 Å². The number of rotatable bonds is 3. The van der Waals surface area contributed by atoms with E-state index < -0.39 is 0 Å². The van der Waals surface area contributed by atoms with E-state index in [2.05, 4.69) is 6.92 Å². The Hall–Kier alpha value is -1.02. The maximum Gasteiger partial charge on any atom is 0.115 e. The first-order valence-corrected chi connectivity index (χ1v) is 4.63. The number of phenols is 1. The van der Waals surface area contributed by atoms with Gasteiger partial charge in [-0.15, -0.1) is 0 Å². The molecule has 0 aliphatic rings. The SMILES string of the molecule is CC(N)C(C)Cc1ccc(O)cc1. The fraction of sp³-hybridized carbons (Fsp3) is 0.455. The van der Waals surface area contributed by atoms with Crippen molar-refractivity contribution in [3.05, 3.63) is 29.8 Å². The van der Waals surface area contributed by atoms with Crippen LogP contribution in [0.4, 0.5) is 0 Å². The van der Waals surface area contributed by atoms with Gasteiger partial charge in [-0.1, -0.05) is 19.1 Å². The molecule has 0 saturated heterocycles. The van der Waals surface area contributed by atoms with Gasteiger partial charge in [0.2, 0.25) is 0 Å². The van der Waals surface area contributed by atoms with Gasteiger partial charge in [-0.3, -0.25) is 0 Å². The summed E-state index contributed by atoms with van der Waals surface area (Å²) in [7, 11) is 0. The topological polar surface area (TPSA) is 46.2 Å². The van der Waals surface area contributed by atoms with Crippen LogP contribution in [-0.2, 0) is 6.42 Å². The zero-order valence-electron chi connectivity index (χ0n) is 8.20. The third-order valence-corrected chi connectivity index (χ3v) is 2.39. The van der Waals surface area contributed by atoms with Crippen LogP contribution in [-0.4, -0.2) is 11.1 Å². The van der Waals surface area contributed by atoms with E-state index in [4.69, 9.17) is 10.8 Å². The summed E-state index contributed by atoms with van der Waals surface area (Å²) in [5.41, 5.74) is 6.99. The molecule has 2 heteroatoms. The fourth-order valence-corrected chi connectivity index (χ4v) is 1.19. The molecule has 0 amide bonds. The van der Waals surface area contributed by atoms with E-state index in [1.54, 1.807) is 12.1 Å². The van der Waals surface area contributed by atoms with Crippen molar-refractivity contribution in [1.82, 2.24) is 0 Å². The molecule has 0 spiro atoms. The lowest BCUT2D eigenvalue weighted by atomic mass is 9.96. The van der Waals surface area contributed by atoms with Gasteiger partial charge in [0.15, 0.2) is 0 Å². The van der Waals surface area contributed by atoms with Crippen LogP contribution in [0.2, 0.25) is 0 Å². The van der Waals surface area contributed by atoms with Crippen molar-refractivity contribution in [3.63, 3.8) is 0 Å². The average molecular weight is 179 g/mol. The number of hydrogen-bond donors (Lipinski definition) is 2. The first-order chi connectivity index (χ1) is 6.09. The van der Waals surface area contributed by atoms with Crippen molar-refractivity contribution >= 4 is 0 Å². The number of hydrogen-bond acceptors (Lipinski definition) is 2. The van der Waals surface area contributed by atoms with Crippen LogP contribution >= 0.6 is 0 Å². The Morgan fingerprint density at radius 2 is 1.77 bits per heavy atom. The molecule has 1 aromatic carbocycles. The maximum absolute atomic E-state index is 9.08. The molecule has 0 aromatic heterocycles. The van der Waals surface area contributed by atoms with Gasteiger partial charge in [-0.25, -0.2) is 0 Å². The maximum atomic E-state index is 9.08. The summed E-state index contributed by atoms with van der Waals surface area (Å²) in [5, 5.41) is 9.08. The predicted octanol–water partition coefficient (Wildman–Crippen LogP) is 1.92. The van der Waals surface area contributed by atoms with Crippen molar-refractivity contribution in [2.24, 2.45) is 11.7 Å². The van der Waals surface area contributed by atoms with Gasteiger partial charge in [0.1, 0.15) is 5.75 Å². The second-order valence-electron chi connectivity index (χ2n) is 3.71. The monoisotopic (exact) mass is 179 g/mol. The molecule has 2 nitrogen and oxygen atoms in total. The fourth-order valence-electron chi connectivity index (χ4n) is 1.19. The van der Waals surface area contributed by atoms with Crippen LogP contribution < -0.4 is 5.73 Å². The highest BCUT2D eigenvalue weighted by Crippen LogP contribution is 2.14. The minimum Gasteiger partial charge on any atom is -0.508 e. The molecular weight excluding hydrogens is 162 g/mol. The summed E-state index contributed by atoms with van der Waals surface area (Å²) < 4.78 is 0. The molecule has 0 heterocycles. The van der Waals surface area contributed by atoms with E-state index in [0.717, 1.165) is 6.42 Å². The van der Waals surface area contributed by atoms with E-state index in [-0.39, 0.29) is 6.04 Å². The van der Waals surface area contributed by atoms with Crippen LogP contribution in [0, 0.1) is 5.92 Å². The molecule has 2 atom stereocenters. The summed E-state index contributed by atoms with van der Waals surface area (Å²) in [4.78, 5) is 0. The van der Waals surface area contributed by atoms with Crippen LogP contribution in [0.1, 0.15) is 19.4 Å². The molecule has 0 aliphatic heterocycles. The number of benzene rings is 1. The number of nitrogens with two attached hydrogens (primary N) is 1. The van der Waals surface area contributed by atoms with Gasteiger partial charge in [0, 0.05) is 6.04 Å². The van der Waals surface area contributed by atoms with E-state index >= 15 is 0 Å². The molecule has 0 radical (unpaired) electrons. The average Bonchev–Trinajstić information content (AvgIpc) is 2.08. The van der Waals surface area contributed by atoms with Crippen molar-refractivity contribution in [3.8, 4) is 5.75 Å². The lowest BCUT2D eigenvalue weighted by Gasteiger charge is -2.15. The van der Waals surface area contributed by atoms with Crippen LogP contribution in [0.25, 0.3) is 0 Å². The van der Waals surface area contributed by atoms with Crippen molar-refractivity contribution in [1.29, 1.82) is 0 Å². The zero-order chi connectivity index (χ0) is 9.84. The number of phenolic OH excluding ortho intramolecular Hbond substituents is 1. The molecule has 1 rings (SSSR count). The van der Waals surface area contributed by atoms with Gasteiger partial charge >= 0.3 is 0 Å². The molecule has 0 saturated carbocycles. The lowest BCUT2D eigenvalue weighted by Crippen LogP contribution is -2.25. The molecular formula is C11H17NO. The standard InChI is InChI=1S/C11H17NO/c1-8(9(2)12)7-10-3-5-11(13)6-4-10/h3-6,8-9,13H,7,12H2,1-2H3. The summed E-state index contributed by atoms with van der Waals surface area (Å²) in [6.07, 6.45) is 0.970. The zero-order valence-corrected chi connectivity index (χ0v) is 8.20. The molecule has 0 bridgehead atoms. The van der Waals surface area contributed by atoms with Gasteiger partial charge in [-0.05, 0) is 37.0 Å². The van der Waals surface area contributed by atoms with Gasteiger partial charge in [0.25, 0.3) is 0 Å². The molecule has 0 fully saturated rings. The highest BCUT2D eigenvalue weighted by atomic mass is 16.3. The Morgan fingerprint density at radius 1 is 1.23 bits per heavy atom. The third kappa shape index (κ3) is 3.07. The first kappa shape index (κ1) is 10.1. The molecule has 13 heavy (non-hydrogen) atoms. The first-order valence-electron chi connectivity index (χ1n) is 4.63.